The Bertz CT molecular complexity index is 597. The van der Waals surface area contributed by atoms with Gasteiger partial charge in [-0.15, -0.1) is 0 Å². The molecule has 0 aliphatic rings. The maximum absolute atomic E-state index is 10.7. The molecule has 4 heteroatoms. The first-order valence-electron chi connectivity index (χ1n) is 5.22. The minimum absolute atomic E-state index is 0.449. The molecule has 0 aliphatic carbocycles. The highest BCUT2D eigenvalue weighted by Gasteiger charge is 2.05. The molecule has 88 valence electrons. The molecule has 0 radical (unpaired) electrons. The zero-order valence-corrected chi connectivity index (χ0v) is 9.81. The Morgan fingerprint density at radius 1 is 1.47 bits per heavy atom. The number of benzene rings is 1. The van der Waals surface area contributed by atoms with E-state index in [0.29, 0.717) is 0 Å². The maximum atomic E-state index is 10.7. The van der Waals surface area contributed by atoms with Crippen LogP contribution < -0.4 is 10.5 Å². The molecule has 1 aromatic carbocycles. The van der Waals surface area contributed by atoms with Crippen LogP contribution in [-0.2, 0) is 11.8 Å². The van der Waals surface area contributed by atoms with Gasteiger partial charge in [-0.25, -0.2) is 0 Å². The fourth-order valence-corrected chi connectivity index (χ4v) is 1.83. The highest BCUT2D eigenvalue weighted by Crippen LogP contribution is 2.25. The van der Waals surface area contributed by atoms with Crippen molar-refractivity contribution < 1.29 is 9.53 Å². The van der Waals surface area contributed by atoms with E-state index in [0.717, 1.165) is 22.2 Å². The first-order chi connectivity index (χ1) is 8.11. The van der Waals surface area contributed by atoms with Gasteiger partial charge in [-0.3, -0.25) is 4.79 Å². The fourth-order valence-electron chi connectivity index (χ4n) is 1.83. The molecule has 17 heavy (non-hydrogen) atoms. The second-order valence-electron chi connectivity index (χ2n) is 3.81. The van der Waals surface area contributed by atoms with Gasteiger partial charge in [-0.2, -0.15) is 0 Å². The molecule has 1 heterocycles. The van der Waals surface area contributed by atoms with Crippen LogP contribution in [0.15, 0.2) is 30.5 Å². The topological polar surface area (TPSA) is 57.2 Å². The van der Waals surface area contributed by atoms with Gasteiger partial charge in [0.05, 0.1) is 12.6 Å². The zero-order chi connectivity index (χ0) is 12.4. The van der Waals surface area contributed by atoms with Crippen molar-refractivity contribution in [3.05, 3.63) is 36.0 Å². The van der Waals surface area contributed by atoms with Crippen molar-refractivity contribution in [1.82, 2.24) is 4.57 Å². The Morgan fingerprint density at radius 2 is 2.24 bits per heavy atom. The number of methoxy groups -OCH3 is 1. The average Bonchev–Trinajstić information content (AvgIpc) is 2.63. The Labute approximate surface area is 99.3 Å². The molecular formula is C13H14N2O2. The Kier molecular flexibility index (Phi) is 2.87. The number of fused-ring (bicyclic) bond motifs is 1. The van der Waals surface area contributed by atoms with E-state index < -0.39 is 5.91 Å². The number of hydrogen-bond acceptors (Lipinski definition) is 2. The first-order valence-corrected chi connectivity index (χ1v) is 5.22. The van der Waals surface area contributed by atoms with Crippen LogP contribution in [-0.4, -0.2) is 17.6 Å². The first kappa shape index (κ1) is 11.3. The van der Waals surface area contributed by atoms with Gasteiger partial charge in [0.1, 0.15) is 5.75 Å². The van der Waals surface area contributed by atoms with Gasteiger partial charge in [0.15, 0.2) is 0 Å². The number of aryl methyl sites for hydroxylation is 1. The van der Waals surface area contributed by atoms with Gasteiger partial charge in [0, 0.05) is 36.3 Å². The largest absolute Gasteiger partial charge is 0.497 e. The molecule has 0 saturated carbocycles. The van der Waals surface area contributed by atoms with E-state index in [1.807, 2.05) is 36.0 Å². The summed E-state index contributed by atoms with van der Waals surface area (Å²) in [5.41, 5.74) is 7.10. The summed E-state index contributed by atoms with van der Waals surface area (Å²) in [4.78, 5) is 10.7. The number of rotatable bonds is 3. The Hall–Kier alpha value is -2.23. The van der Waals surface area contributed by atoms with Crippen LogP contribution >= 0.6 is 0 Å². The second kappa shape index (κ2) is 4.33. The van der Waals surface area contributed by atoms with Crippen molar-refractivity contribution in [1.29, 1.82) is 0 Å². The molecule has 2 rings (SSSR count). The highest BCUT2D eigenvalue weighted by atomic mass is 16.5. The predicted octanol–water partition coefficient (Wildman–Crippen LogP) is 1.69. The van der Waals surface area contributed by atoms with E-state index in [-0.39, 0.29) is 0 Å². The summed E-state index contributed by atoms with van der Waals surface area (Å²) in [6, 6.07) is 5.82. The molecule has 0 fully saturated rings. The molecule has 4 nitrogen and oxygen atoms in total. The number of ether oxygens (including phenoxy) is 1. The van der Waals surface area contributed by atoms with Gasteiger partial charge in [-0.05, 0) is 18.2 Å². The third-order valence-electron chi connectivity index (χ3n) is 2.66. The second-order valence-corrected chi connectivity index (χ2v) is 3.81. The van der Waals surface area contributed by atoms with Crippen LogP contribution in [0.4, 0.5) is 0 Å². The van der Waals surface area contributed by atoms with Crippen molar-refractivity contribution >= 4 is 22.9 Å². The maximum Gasteiger partial charge on any atom is 0.241 e. The molecule has 0 aliphatic heterocycles. The number of amides is 1. The minimum atomic E-state index is -0.449. The van der Waals surface area contributed by atoms with Crippen molar-refractivity contribution in [2.45, 2.75) is 0 Å². The van der Waals surface area contributed by atoms with Crippen molar-refractivity contribution in [2.24, 2.45) is 12.8 Å². The van der Waals surface area contributed by atoms with Crippen molar-refractivity contribution in [3.63, 3.8) is 0 Å². The number of carbonyl (C=O) groups excluding carboxylic acids is 1. The van der Waals surface area contributed by atoms with Gasteiger partial charge >= 0.3 is 0 Å². The molecule has 0 unspecified atom stereocenters. The number of primary amides is 1. The fraction of sp³-hybridized carbons (Fsp3) is 0.154. The highest BCUT2D eigenvalue weighted by molar-refractivity contribution is 5.96. The molecule has 0 spiro atoms. The molecule has 2 N–H and O–H groups in total. The standard InChI is InChI=1S/C13H14N2O2/c1-15-8-9(3-6-13(14)16)11-5-4-10(17-2)7-12(11)15/h3-8H,1-2H3,(H2,14,16)/b6-3-. The summed E-state index contributed by atoms with van der Waals surface area (Å²) >= 11 is 0. The summed E-state index contributed by atoms with van der Waals surface area (Å²) in [6.45, 7) is 0. The van der Waals surface area contributed by atoms with Gasteiger partial charge in [-0.1, -0.05) is 0 Å². The van der Waals surface area contributed by atoms with E-state index in [1.165, 1.54) is 6.08 Å². The molecule has 0 saturated heterocycles. The predicted molar refractivity (Wildman–Crippen MR) is 67.7 cm³/mol. The Balaban J connectivity index is 2.56. The van der Waals surface area contributed by atoms with Crippen molar-refractivity contribution in [3.8, 4) is 5.75 Å². The van der Waals surface area contributed by atoms with Crippen molar-refractivity contribution in [2.75, 3.05) is 7.11 Å². The van der Waals surface area contributed by atoms with Crippen LogP contribution in [0.3, 0.4) is 0 Å². The number of aromatic nitrogens is 1. The molecule has 2 aromatic rings. The summed E-state index contributed by atoms with van der Waals surface area (Å²) in [5, 5.41) is 1.06. The van der Waals surface area contributed by atoms with E-state index in [9.17, 15) is 4.79 Å². The van der Waals surface area contributed by atoms with Crippen LogP contribution in [0.1, 0.15) is 5.56 Å². The molecule has 0 bridgehead atoms. The van der Waals surface area contributed by atoms with E-state index in [4.69, 9.17) is 10.5 Å². The quantitative estimate of drug-likeness (QED) is 0.816. The van der Waals surface area contributed by atoms with Gasteiger partial charge in [0.25, 0.3) is 0 Å². The van der Waals surface area contributed by atoms with E-state index >= 15 is 0 Å². The number of hydrogen-bond donors (Lipinski definition) is 1. The monoisotopic (exact) mass is 230 g/mol. The molecule has 1 amide bonds. The third kappa shape index (κ3) is 2.15. The van der Waals surface area contributed by atoms with E-state index in [2.05, 4.69) is 0 Å². The van der Waals surface area contributed by atoms with Crippen LogP contribution in [0, 0.1) is 0 Å². The third-order valence-corrected chi connectivity index (χ3v) is 2.66. The van der Waals surface area contributed by atoms with Crippen LogP contribution in [0.2, 0.25) is 0 Å². The molecule has 0 atom stereocenters. The SMILES string of the molecule is COc1ccc2c(/C=C\C(N)=O)cn(C)c2c1. The van der Waals surface area contributed by atoms with Gasteiger partial charge in [0.2, 0.25) is 5.91 Å². The van der Waals surface area contributed by atoms with Crippen LogP contribution in [0.5, 0.6) is 5.75 Å². The number of nitrogens with zero attached hydrogens (tertiary/aromatic N) is 1. The summed E-state index contributed by atoms with van der Waals surface area (Å²) < 4.78 is 7.16. The normalized spacial score (nSPS) is 11.2. The lowest BCUT2D eigenvalue weighted by molar-refractivity contribution is -0.113. The lowest BCUT2D eigenvalue weighted by Gasteiger charge is -2.00. The summed E-state index contributed by atoms with van der Waals surface area (Å²) in [5.74, 6) is 0.361. The minimum Gasteiger partial charge on any atom is -0.497 e. The van der Waals surface area contributed by atoms with Gasteiger partial charge < -0.3 is 15.0 Å². The lowest BCUT2D eigenvalue weighted by atomic mass is 10.1. The zero-order valence-electron chi connectivity index (χ0n) is 9.81. The Morgan fingerprint density at radius 3 is 2.88 bits per heavy atom. The number of carbonyl (C=O) groups is 1. The summed E-state index contributed by atoms with van der Waals surface area (Å²) in [7, 11) is 3.58. The van der Waals surface area contributed by atoms with E-state index in [1.54, 1.807) is 13.2 Å². The average molecular weight is 230 g/mol. The molecular weight excluding hydrogens is 216 g/mol. The number of nitrogens with two attached hydrogens (primary N) is 1. The lowest BCUT2D eigenvalue weighted by Crippen LogP contribution is -2.04. The molecule has 1 aromatic heterocycles. The van der Waals surface area contributed by atoms with Crippen LogP contribution in [0.25, 0.3) is 17.0 Å². The smallest absolute Gasteiger partial charge is 0.241 e. The summed E-state index contributed by atoms with van der Waals surface area (Å²) in [6.07, 6.45) is 5.03.